The predicted molar refractivity (Wildman–Crippen MR) is 51.8 cm³/mol. The van der Waals surface area contributed by atoms with Crippen LogP contribution in [-0.4, -0.2) is 18.5 Å². The van der Waals surface area contributed by atoms with Gasteiger partial charge in [-0.05, 0) is 6.92 Å². The first-order valence-electron chi connectivity index (χ1n) is 4.23. The van der Waals surface area contributed by atoms with E-state index in [0.717, 1.165) is 6.07 Å². The molecule has 3 nitrogen and oxygen atoms in total. The van der Waals surface area contributed by atoms with E-state index in [1.165, 1.54) is 14.0 Å². The van der Waals surface area contributed by atoms with Crippen molar-refractivity contribution >= 4 is 11.6 Å². The Kier molecular flexibility index (Phi) is 3.85. The topological polar surface area (TPSA) is 31.4 Å². The fourth-order valence-electron chi connectivity index (χ4n) is 1.21. The summed E-state index contributed by atoms with van der Waals surface area (Å²) in [6.45, 7) is 1.51. The Morgan fingerprint density at radius 3 is 2.50 bits per heavy atom. The van der Waals surface area contributed by atoms with Gasteiger partial charge >= 0.3 is 6.36 Å². The van der Waals surface area contributed by atoms with Crippen LogP contribution in [-0.2, 0) is 5.88 Å². The molecule has 0 amide bonds. The van der Waals surface area contributed by atoms with Gasteiger partial charge in [0, 0.05) is 6.07 Å². The third-order valence-electron chi connectivity index (χ3n) is 1.73. The molecule has 1 heterocycles. The SMILES string of the molecule is COc1c(OC(F)(F)F)cc(CCl)nc1C. The molecule has 0 N–H and O–H groups in total. The minimum atomic E-state index is -4.77. The molecule has 0 fully saturated rings. The van der Waals surface area contributed by atoms with Crippen molar-refractivity contribution in [3.63, 3.8) is 0 Å². The first-order chi connectivity index (χ1) is 7.37. The number of aromatic nitrogens is 1. The van der Waals surface area contributed by atoms with Crippen LogP contribution in [0.4, 0.5) is 13.2 Å². The van der Waals surface area contributed by atoms with Crippen molar-refractivity contribution < 1.29 is 22.6 Å². The second-order valence-corrected chi connectivity index (χ2v) is 3.18. The van der Waals surface area contributed by atoms with Crippen molar-refractivity contribution in [1.82, 2.24) is 4.98 Å². The van der Waals surface area contributed by atoms with E-state index in [0.29, 0.717) is 11.4 Å². The zero-order valence-electron chi connectivity index (χ0n) is 8.56. The lowest BCUT2D eigenvalue weighted by molar-refractivity contribution is -0.275. The van der Waals surface area contributed by atoms with Gasteiger partial charge in [0.15, 0.2) is 11.5 Å². The molecule has 90 valence electrons. The number of alkyl halides is 4. The van der Waals surface area contributed by atoms with Crippen molar-refractivity contribution in [2.45, 2.75) is 19.2 Å². The van der Waals surface area contributed by atoms with E-state index in [4.69, 9.17) is 16.3 Å². The van der Waals surface area contributed by atoms with E-state index in [1.807, 2.05) is 0 Å². The Hall–Kier alpha value is -1.17. The zero-order valence-corrected chi connectivity index (χ0v) is 9.32. The van der Waals surface area contributed by atoms with Gasteiger partial charge in [0.25, 0.3) is 0 Å². The van der Waals surface area contributed by atoms with Crippen molar-refractivity contribution in [2.75, 3.05) is 7.11 Å². The summed E-state index contributed by atoms with van der Waals surface area (Å²) in [6, 6.07) is 1.10. The number of nitrogens with zero attached hydrogens (tertiary/aromatic N) is 1. The molecule has 0 saturated carbocycles. The third-order valence-corrected chi connectivity index (χ3v) is 2.00. The second kappa shape index (κ2) is 4.78. The number of ether oxygens (including phenoxy) is 2. The smallest absolute Gasteiger partial charge is 0.491 e. The second-order valence-electron chi connectivity index (χ2n) is 2.91. The molecule has 0 bridgehead atoms. The van der Waals surface area contributed by atoms with Crippen LogP contribution in [0.5, 0.6) is 11.5 Å². The molecule has 7 heteroatoms. The summed E-state index contributed by atoms with van der Waals surface area (Å²) in [7, 11) is 1.24. The molecule has 0 spiro atoms. The molecular formula is C9H9ClF3NO2. The maximum Gasteiger partial charge on any atom is 0.573 e. The van der Waals surface area contributed by atoms with E-state index in [1.54, 1.807) is 0 Å². The van der Waals surface area contributed by atoms with E-state index in [9.17, 15) is 13.2 Å². The summed E-state index contributed by atoms with van der Waals surface area (Å²) in [4.78, 5) is 3.95. The summed E-state index contributed by atoms with van der Waals surface area (Å²) in [5.41, 5.74) is 0.583. The fraction of sp³-hybridized carbons (Fsp3) is 0.444. The minimum Gasteiger partial charge on any atom is -0.491 e. The number of pyridine rings is 1. The van der Waals surface area contributed by atoms with Crippen LogP contribution in [0.15, 0.2) is 6.07 Å². The van der Waals surface area contributed by atoms with Crippen LogP contribution < -0.4 is 9.47 Å². The van der Waals surface area contributed by atoms with E-state index in [2.05, 4.69) is 9.72 Å². The lowest BCUT2D eigenvalue weighted by Gasteiger charge is -2.14. The number of rotatable bonds is 3. The molecule has 1 aromatic heterocycles. The maximum absolute atomic E-state index is 12.1. The highest BCUT2D eigenvalue weighted by molar-refractivity contribution is 6.16. The molecule has 1 aromatic rings. The number of methoxy groups -OCH3 is 1. The molecule has 0 aliphatic carbocycles. The van der Waals surface area contributed by atoms with Crippen molar-refractivity contribution in [3.8, 4) is 11.5 Å². The minimum absolute atomic E-state index is 0.000941. The molecule has 0 aliphatic heterocycles. The van der Waals surface area contributed by atoms with Crippen LogP contribution in [0.1, 0.15) is 11.4 Å². The standard InChI is InChI=1S/C9H9ClF3NO2/c1-5-8(15-2)7(16-9(11,12)13)3-6(4-10)14-5/h3H,4H2,1-2H3. The van der Waals surface area contributed by atoms with E-state index in [-0.39, 0.29) is 11.6 Å². The molecule has 0 unspecified atom stereocenters. The number of halogens is 4. The van der Waals surface area contributed by atoms with Crippen molar-refractivity contribution in [1.29, 1.82) is 0 Å². The van der Waals surface area contributed by atoms with E-state index >= 15 is 0 Å². The summed E-state index contributed by atoms with van der Waals surface area (Å²) in [5.74, 6) is -0.483. The highest BCUT2D eigenvalue weighted by Gasteiger charge is 2.33. The van der Waals surface area contributed by atoms with Crippen LogP contribution in [0.2, 0.25) is 0 Å². The highest BCUT2D eigenvalue weighted by Crippen LogP contribution is 2.34. The Morgan fingerprint density at radius 2 is 2.06 bits per heavy atom. The first kappa shape index (κ1) is 12.9. The van der Waals surface area contributed by atoms with Gasteiger partial charge in [0.05, 0.1) is 24.4 Å². The lowest BCUT2D eigenvalue weighted by Crippen LogP contribution is -2.18. The molecule has 0 saturated heterocycles. The zero-order chi connectivity index (χ0) is 12.3. The molecule has 1 rings (SSSR count). The molecule has 0 radical (unpaired) electrons. The highest BCUT2D eigenvalue weighted by atomic mass is 35.5. The molecular weight excluding hydrogens is 247 g/mol. The largest absolute Gasteiger partial charge is 0.573 e. The van der Waals surface area contributed by atoms with Gasteiger partial charge in [-0.15, -0.1) is 24.8 Å². The predicted octanol–water partition coefficient (Wildman–Crippen LogP) is 3.04. The molecule has 0 aliphatic rings. The van der Waals surface area contributed by atoms with Gasteiger partial charge in [-0.3, -0.25) is 4.98 Å². The Labute approximate surface area is 95.1 Å². The van der Waals surface area contributed by atoms with Gasteiger partial charge < -0.3 is 9.47 Å². The summed E-state index contributed by atoms with van der Waals surface area (Å²) in [5, 5.41) is 0. The normalized spacial score (nSPS) is 11.4. The molecule has 0 atom stereocenters. The molecule has 0 aromatic carbocycles. The molecule has 16 heavy (non-hydrogen) atoms. The first-order valence-corrected chi connectivity index (χ1v) is 4.77. The van der Waals surface area contributed by atoms with Gasteiger partial charge in [-0.1, -0.05) is 0 Å². The Morgan fingerprint density at radius 1 is 1.44 bits per heavy atom. The third kappa shape index (κ3) is 3.16. The van der Waals surface area contributed by atoms with Crippen LogP contribution in [0.25, 0.3) is 0 Å². The van der Waals surface area contributed by atoms with Crippen molar-refractivity contribution in [2.24, 2.45) is 0 Å². The summed E-state index contributed by atoms with van der Waals surface area (Å²) >= 11 is 5.50. The van der Waals surface area contributed by atoms with Crippen molar-refractivity contribution in [3.05, 3.63) is 17.5 Å². The Balaban J connectivity index is 3.18. The average molecular weight is 256 g/mol. The van der Waals surface area contributed by atoms with Crippen LogP contribution in [0, 0.1) is 6.92 Å². The monoisotopic (exact) mass is 255 g/mol. The quantitative estimate of drug-likeness (QED) is 0.778. The average Bonchev–Trinajstić information content (AvgIpc) is 2.14. The van der Waals surface area contributed by atoms with Crippen LogP contribution in [0.3, 0.4) is 0 Å². The number of hydrogen-bond donors (Lipinski definition) is 0. The summed E-state index contributed by atoms with van der Waals surface area (Å²) in [6.07, 6.45) is -4.77. The maximum atomic E-state index is 12.1. The van der Waals surface area contributed by atoms with Gasteiger partial charge in [-0.2, -0.15) is 0 Å². The Bertz CT molecular complexity index is 382. The number of hydrogen-bond acceptors (Lipinski definition) is 3. The summed E-state index contributed by atoms with van der Waals surface area (Å²) < 4.78 is 44.9. The fourth-order valence-corrected chi connectivity index (χ4v) is 1.35. The van der Waals surface area contributed by atoms with Gasteiger partial charge in [-0.25, -0.2) is 0 Å². The van der Waals surface area contributed by atoms with Gasteiger partial charge in [0.1, 0.15) is 0 Å². The van der Waals surface area contributed by atoms with Crippen LogP contribution >= 0.6 is 11.6 Å². The lowest BCUT2D eigenvalue weighted by atomic mass is 10.3. The number of aryl methyl sites for hydroxylation is 1. The van der Waals surface area contributed by atoms with E-state index < -0.39 is 12.1 Å². The van der Waals surface area contributed by atoms with Gasteiger partial charge in [0.2, 0.25) is 0 Å².